The van der Waals surface area contributed by atoms with Gasteiger partial charge in [-0.3, -0.25) is 0 Å². The summed E-state index contributed by atoms with van der Waals surface area (Å²) in [6.07, 6.45) is 0. The van der Waals surface area contributed by atoms with Gasteiger partial charge in [-0.1, -0.05) is 12.1 Å². The maximum absolute atomic E-state index is 4.33. The summed E-state index contributed by atoms with van der Waals surface area (Å²) in [7, 11) is 0. The van der Waals surface area contributed by atoms with Crippen LogP contribution in [0.3, 0.4) is 0 Å². The van der Waals surface area contributed by atoms with Gasteiger partial charge in [-0.15, -0.1) is 22.7 Å². The van der Waals surface area contributed by atoms with Crippen LogP contribution in [0.2, 0.25) is 0 Å². The monoisotopic (exact) mass is 268 g/mol. The van der Waals surface area contributed by atoms with E-state index in [4.69, 9.17) is 0 Å². The van der Waals surface area contributed by atoms with Gasteiger partial charge in [-0.2, -0.15) is 0 Å². The van der Waals surface area contributed by atoms with Crippen molar-refractivity contribution in [1.82, 2.24) is 9.97 Å². The second-order valence-electron chi connectivity index (χ2n) is 4.02. The predicted octanol–water partition coefficient (Wildman–Crippen LogP) is 4.62. The maximum atomic E-state index is 4.33. The highest BCUT2D eigenvalue weighted by molar-refractivity contribution is 7.25. The van der Waals surface area contributed by atoms with Crippen molar-refractivity contribution < 1.29 is 0 Å². The zero-order chi connectivity index (χ0) is 11.9. The molecule has 0 saturated carbocycles. The molecule has 0 radical (unpaired) electrons. The fraction of sp³-hybridized carbons (Fsp3) is 0. The number of benzene rings is 2. The topological polar surface area (TPSA) is 25.8 Å². The van der Waals surface area contributed by atoms with Crippen molar-refractivity contribution in [2.75, 3.05) is 0 Å². The van der Waals surface area contributed by atoms with E-state index in [9.17, 15) is 0 Å². The average molecular weight is 268 g/mol. The number of nitrogens with zero attached hydrogens (tertiary/aromatic N) is 2. The van der Waals surface area contributed by atoms with Crippen molar-refractivity contribution in [1.29, 1.82) is 0 Å². The van der Waals surface area contributed by atoms with Gasteiger partial charge in [0.25, 0.3) is 0 Å². The summed E-state index contributed by atoms with van der Waals surface area (Å²) in [4.78, 5) is 9.66. The van der Waals surface area contributed by atoms with Gasteiger partial charge < -0.3 is 0 Å². The summed E-state index contributed by atoms with van der Waals surface area (Å²) in [5.74, 6) is 0. The molecule has 0 aliphatic heterocycles. The zero-order valence-corrected chi connectivity index (χ0v) is 11.0. The van der Waals surface area contributed by atoms with E-state index < -0.39 is 0 Å². The van der Waals surface area contributed by atoms with E-state index in [1.54, 1.807) is 22.7 Å². The fourth-order valence-electron chi connectivity index (χ4n) is 1.98. The van der Waals surface area contributed by atoms with Crippen molar-refractivity contribution in [2.24, 2.45) is 0 Å². The lowest BCUT2D eigenvalue weighted by Crippen LogP contribution is -1.72. The van der Waals surface area contributed by atoms with Crippen LogP contribution < -0.4 is 0 Å². The molecule has 86 valence electrons. The lowest BCUT2D eigenvalue weighted by molar-refractivity contribution is 1.50. The van der Waals surface area contributed by atoms with Crippen molar-refractivity contribution in [2.45, 2.75) is 0 Å². The van der Waals surface area contributed by atoms with Gasteiger partial charge in [0.2, 0.25) is 0 Å². The van der Waals surface area contributed by atoms with Crippen LogP contribution in [-0.2, 0) is 0 Å². The van der Waals surface area contributed by atoms with Gasteiger partial charge in [0.05, 0.1) is 25.9 Å². The first-order chi connectivity index (χ1) is 8.90. The van der Waals surface area contributed by atoms with E-state index >= 15 is 0 Å². The summed E-state index contributed by atoms with van der Waals surface area (Å²) in [6, 6.07) is 14.5. The molecular weight excluding hydrogens is 260 g/mol. The number of fused-ring (bicyclic) bond motifs is 2. The summed E-state index contributed by atoms with van der Waals surface area (Å²) in [5, 5.41) is 1.30. The number of hydrogen-bond donors (Lipinski definition) is 0. The van der Waals surface area contributed by atoms with Gasteiger partial charge in [0.1, 0.15) is 4.83 Å². The molecule has 0 amide bonds. The predicted molar refractivity (Wildman–Crippen MR) is 79.1 cm³/mol. The van der Waals surface area contributed by atoms with Crippen LogP contribution in [0.1, 0.15) is 0 Å². The molecule has 2 nitrogen and oxygen atoms in total. The lowest BCUT2D eigenvalue weighted by atomic mass is 10.2. The van der Waals surface area contributed by atoms with E-state index in [-0.39, 0.29) is 0 Å². The van der Waals surface area contributed by atoms with Crippen LogP contribution in [0.25, 0.3) is 30.6 Å². The third kappa shape index (κ3) is 1.54. The van der Waals surface area contributed by atoms with Crippen LogP contribution >= 0.6 is 22.7 Å². The average Bonchev–Trinajstić information content (AvgIpc) is 3.12. The van der Waals surface area contributed by atoms with Crippen LogP contribution in [0.15, 0.2) is 48.0 Å². The summed E-state index contributed by atoms with van der Waals surface area (Å²) < 4.78 is 2.60. The van der Waals surface area contributed by atoms with E-state index in [1.165, 1.54) is 19.6 Å². The Bertz CT molecular complexity index is 778. The molecule has 0 N–H and O–H groups in total. The number of hydrogen-bond acceptors (Lipinski definition) is 4. The third-order valence-corrected chi connectivity index (χ3v) is 4.75. The summed E-state index contributed by atoms with van der Waals surface area (Å²) in [5.41, 5.74) is 4.12. The Hall–Kier alpha value is -1.78. The number of thiophene rings is 1. The molecule has 0 saturated heterocycles. The normalized spacial score (nSPS) is 11.3. The number of aromatic nitrogens is 2. The van der Waals surface area contributed by atoms with Gasteiger partial charge in [-0.05, 0) is 30.3 Å². The molecule has 0 aliphatic carbocycles. The second kappa shape index (κ2) is 3.86. The van der Waals surface area contributed by atoms with E-state index in [1.807, 2.05) is 23.7 Å². The third-order valence-electron chi connectivity index (χ3n) is 2.87. The molecule has 2 aromatic carbocycles. The Kier molecular flexibility index (Phi) is 2.18. The van der Waals surface area contributed by atoms with Crippen molar-refractivity contribution in [3.8, 4) is 0 Å². The lowest BCUT2D eigenvalue weighted by Gasteiger charge is -1.88. The van der Waals surface area contributed by atoms with E-state index in [2.05, 4.69) is 34.2 Å². The first-order valence-corrected chi connectivity index (χ1v) is 7.29. The number of pyridine rings is 2. The van der Waals surface area contributed by atoms with Crippen molar-refractivity contribution >= 4 is 53.3 Å². The van der Waals surface area contributed by atoms with Gasteiger partial charge in [0.15, 0.2) is 0 Å². The number of rotatable bonds is 0. The second-order valence-corrected chi connectivity index (χ2v) is 5.94. The minimum Gasteiger partial charge on any atom is -0.245 e. The zero-order valence-electron chi connectivity index (χ0n) is 9.33. The molecule has 0 aliphatic rings. The molecule has 0 spiro atoms. The van der Waals surface area contributed by atoms with E-state index in [0.29, 0.717) is 0 Å². The molecule has 6 rings (SSSR count). The highest BCUT2D eigenvalue weighted by Gasteiger charge is 2.07. The molecule has 4 heterocycles. The van der Waals surface area contributed by atoms with Crippen molar-refractivity contribution in [3.63, 3.8) is 0 Å². The Balaban J connectivity index is 0.0000000980. The molecular formula is C14H8N2S2. The minimum absolute atomic E-state index is 1.10. The first kappa shape index (κ1) is 10.2. The molecule has 18 heavy (non-hydrogen) atoms. The van der Waals surface area contributed by atoms with Crippen LogP contribution in [0.4, 0.5) is 0 Å². The van der Waals surface area contributed by atoms with Gasteiger partial charge in [-0.25, -0.2) is 9.97 Å². The number of thiazole rings is 2. The molecule has 4 bridgehead atoms. The Morgan fingerprint density at radius 1 is 0.889 bits per heavy atom. The Labute approximate surface area is 111 Å². The molecule has 0 unspecified atom stereocenters. The SMILES string of the molecule is c1cc2nc3sc2cc13.c1ccc2scnc2c1. The van der Waals surface area contributed by atoms with Gasteiger partial charge >= 0.3 is 0 Å². The molecule has 4 heteroatoms. The quantitative estimate of drug-likeness (QED) is 0.409. The Morgan fingerprint density at radius 3 is 2.50 bits per heavy atom. The smallest absolute Gasteiger partial charge is 0.124 e. The van der Waals surface area contributed by atoms with Crippen LogP contribution in [0.5, 0.6) is 0 Å². The van der Waals surface area contributed by atoms with Gasteiger partial charge in [0, 0.05) is 5.39 Å². The summed E-state index contributed by atoms with van der Waals surface area (Å²) in [6.45, 7) is 0. The highest BCUT2D eigenvalue weighted by Crippen LogP contribution is 2.33. The van der Waals surface area contributed by atoms with Crippen molar-refractivity contribution in [3.05, 3.63) is 48.0 Å². The molecule has 0 fully saturated rings. The first-order valence-electron chi connectivity index (χ1n) is 5.59. The van der Waals surface area contributed by atoms with Crippen LogP contribution in [-0.4, -0.2) is 9.97 Å². The molecule has 0 atom stereocenters. The Morgan fingerprint density at radius 2 is 1.83 bits per heavy atom. The standard InChI is InChI=1S/C7H3NS.C7H5NS/c1-2-5-6-3-4(1)7(8-5)9-6;1-2-4-7-6(3-1)8-5-9-7/h1-3H;1-5H. The van der Waals surface area contributed by atoms with E-state index in [0.717, 1.165) is 11.0 Å². The van der Waals surface area contributed by atoms with Crippen LogP contribution in [0, 0.1) is 0 Å². The minimum atomic E-state index is 1.10. The summed E-state index contributed by atoms with van der Waals surface area (Å²) >= 11 is 3.46. The number of para-hydroxylation sites is 1. The highest BCUT2D eigenvalue weighted by atomic mass is 32.1. The fourth-order valence-corrected chi connectivity index (χ4v) is 3.66. The largest absolute Gasteiger partial charge is 0.245 e. The molecule has 6 aromatic rings. The molecule has 4 aromatic heterocycles. The maximum Gasteiger partial charge on any atom is 0.124 e.